The molecule has 2 heterocycles. The average molecular weight is 446 g/mol. The average Bonchev–Trinajstić information content (AvgIpc) is 3.14. The minimum Gasteiger partial charge on any atom is -0.379 e. The number of hydrogen-bond acceptors (Lipinski definition) is 5. The number of anilines is 1. The molecule has 1 aliphatic rings. The molecule has 1 aliphatic heterocycles. The van der Waals surface area contributed by atoms with Crippen LogP contribution in [0.3, 0.4) is 0 Å². The fraction of sp³-hybridized carbons (Fsp3) is 0.391. The van der Waals surface area contributed by atoms with Crippen LogP contribution in [0, 0.1) is 20.8 Å². The molecule has 5 nitrogen and oxygen atoms in total. The van der Waals surface area contributed by atoms with Crippen LogP contribution in [0.5, 0.6) is 0 Å². The summed E-state index contributed by atoms with van der Waals surface area (Å²) in [6, 6.07) is 12.2. The zero-order chi connectivity index (χ0) is 20.4. The first-order chi connectivity index (χ1) is 14.0. The lowest BCUT2D eigenvalue weighted by molar-refractivity contribution is 0.0391. The molecule has 4 rings (SSSR count). The predicted molar refractivity (Wildman–Crippen MR) is 126 cm³/mol. The van der Waals surface area contributed by atoms with Crippen LogP contribution in [0.15, 0.2) is 36.4 Å². The van der Waals surface area contributed by atoms with Crippen LogP contribution < -0.4 is 4.90 Å². The lowest BCUT2D eigenvalue weighted by Crippen LogP contribution is -2.43. The molecule has 1 amide bonds. The first-order valence-electron chi connectivity index (χ1n) is 10.1. The van der Waals surface area contributed by atoms with Crippen molar-refractivity contribution in [1.29, 1.82) is 0 Å². The number of para-hydroxylation sites is 1. The maximum absolute atomic E-state index is 13.6. The summed E-state index contributed by atoms with van der Waals surface area (Å²) in [6.07, 6.45) is 0. The Morgan fingerprint density at radius 2 is 1.90 bits per heavy atom. The summed E-state index contributed by atoms with van der Waals surface area (Å²) >= 11 is 1.59. The van der Waals surface area contributed by atoms with Gasteiger partial charge in [0.15, 0.2) is 5.13 Å². The van der Waals surface area contributed by atoms with Gasteiger partial charge in [-0.2, -0.15) is 0 Å². The summed E-state index contributed by atoms with van der Waals surface area (Å²) in [5.74, 6) is 0.0208. The van der Waals surface area contributed by atoms with Crippen molar-refractivity contribution in [2.24, 2.45) is 0 Å². The van der Waals surface area contributed by atoms with Crippen molar-refractivity contribution in [3.8, 4) is 0 Å². The lowest BCUT2D eigenvalue weighted by atomic mass is 10.0. The number of ether oxygens (including phenoxy) is 1. The normalized spacial score (nSPS) is 14.5. The Hall–Kier alpha value is -1.99. The molecule has 0 unspecified atom stereocenters. The molecule has 0 spiro atoms. The summed E-state index contributed by atoms with van der Waals surface area (Å²) in [4.78, 5) is 22.6. The fourth-order valence-electron chi connectivity index (χ4n) is 3.74. The van der Waals surface area contributed by atoms with Crippen LogP contribution in [0.4, 0.5) is 5.13 Å². The highest BCUT2D eigenvalue weighted by molar-refractivity contribution is 7.22. The van der Waals surface area contributed by atoms with Crippen molar-refractivity contribution in [1.82, 2.24) is 9.88 Å². The molecule has 0 N–H and O–H groups in total. The van der Waals surface area contributed by atoms with Gasteiger partial charge in [0.1, 0.15) is 0 Å². The minimum atomic E-state index is 0. The first-order valence-corrected chi connectivity index (χ1v) is 10.9. The first kappa shape index (κ1) is 22.7. The number of morpholine rings is 1. The van der Waals surface area contributed by atoms with Gasteiger partial charge < -0.3 is 4.74 Å². The molecule has 0 atom stereocenters. The molecule has 1 fully saturated rings. The van der Waals surface area contributed by atoms with E-state index >= 15 is 0 Å². The molecule has 0 bridgehead atoms. The molecule has 1 saturated heterocycles. The molecule has 2 aromatic carbocycles. The lowest BCUT2D eigenvalue weighted by Gasteiger charge is -2.29. The molecule has 0 radical (unpaired) electrons. The van der Waals surface area contributed by atoms with Crippen LogP contribution in [0.1, 0.15) is 27.0 Å². The topological polar surface area (TPSA) is 45.7 Å². The number of rotatable bonds is 5. The van der Waals surface area contributed by atoms with Crippen LogP contribution in [0.2, 0.25) is 0 Å². The van der Waals surface area contributed by atoms with E-state index in [1.54, 1.807) is 11.3 Å². The largest absolute Gasteiger partial charge is 0.379 e. The van der Waals surface area contributed by atoms with Crippen molar-refractivity contribution in [2.75, 3.05) is 44.3 Å². The third kappa shape index (κ3) is 4.83. The zero-order valence-electron chi connectivity index (χ0n) is 17.7. The summed E-state index contributed by atoms with van der Waals surface area (Å²) < 4.78 is 6.57. The van der Waals surface area contributed by atoms with Gasteiger partial charge in [0.25, 0.3) is 5.91 Å². The van der Waals surface area contributed by atoms with E-state index in [1.807, 2.05) is 36.9 Å². The third-order valence-corrected chi connectivity index (χ3v) is 6.48. The van der Waals surface area contributed by atoms with E-state index in [2.05, 4.69) is 30.0 Å². The van der Waals surface area contributed by atoms with Gasteiger partial charge in [-0.1, -0.05) is 41.2 Å². The van der Waals surface area contributed by atoms with Crippen molar-refractivity contribution >= 4 is 45.0 Å². The second-order valence-corrected chi connectivity index (χ2v) is 8.66. The fourth-order valence-corrected chi connectivity index (χ4v) is 4.81. The second-order valence-electron chi connectivity index (χ2n) is 7.65. The molecular weight excluding hydrogens is 418 g/mol. The second kappa shape index (κ2) is 9.88. The molecule has 3 aromatic rings. The number of amides is 1. The number of aromatic nitrogens is 1. The van der Waals surface area contributed by atoms with E-state index in [-0.39, 0.29) is 18.3 Å². The standard InChI is InChI=1S/C23H27N3O2S.ClH/c1-16-7-8-19(18(3)15-16)22(27)26(10-9-25-11-13-28-14-12-25)23-24-21-17(2)5-4-6-20(21)29-23;/h4-8,15H,9-14H2,1-3H3;1H. The molecule has 7 heteroatoms. The van der Waals surface area contributed by atoms with Crippen LogP contribution in [0.25, 0.3) is 10.2 Å². The van der Waals surface area contributed by atoms with Gasteiger partial charge in [-0.3, -0.25) is 14.6 Å². The number of carbonyl (C=O) groups excluding carboxylic acids is 1. The van der Waals surface area contributed by atoms with Crippen molar-refractivity contribution in [2.45, 2.75) is 20.8 Å². The minimum absolute atomic E-state index is 0. The highest BCUT2D eigenvalue weighted by Crippen LogP contribution is 2.31. The summed E-state index contributed by atoms with van der Waals surface area (Å²) in [5, 5.41) is 0.771. The molecule has 0 aliphatic carbocycles. The zero-order valence-corrected chi connectivity index (χ0v) is 19.3. The van der Waals surface area contributed by atoms with Crippen molar-refractivity contribution in [3.63, 3.8) is 0 Å². The highest BCUT2D eigenvalue weighted by Gasteiger charge is 2.24. The van der Waals surface area contributed by atoms with Gasteiger partial charge in [-0.15, -0.1) is 12.4 Å². The van der Waals surface area contributed by atoms with E-state index in [1.165, 1.54) is 0 Å². The number of halogens is 1. The number of hydrogen-bond donors (Lipinski definition) is 0. The van der Waals surface area contributed by atoms with E-state index in [4.69, 9.17) is 9.72 Å². The monoisotopic (exact) mass is 445 g/mol. The maximum Gasteiger partial charge on any atom is 0.260 e. The number of fused-ring (bicyclic) bond motifs is 1. The van der Waals surface area contributed by atoms with Gasteiger partial charge in [0, 0.05) is 31.7 Å². The van der Waals surface area contributed by atoms with Crippen LogP contribution >= 0.6 is 23.7 Å². The summed E-state index contributed by atoms with van der Waals surface area (Å²) in [7, 11) is 0. The van der Waals surface area contributed by atoms with E-state index in [9.17, 15) is 4.79 Å². The van der Waals surface area contributed by atoms with E-state index in [0.29, 0.717) is 6.54 Å². The summed E-state index contributed by atoms with van der Waals surface area (Å²) in [5.41, 5.74) is 5.03. The molecule has 1 aromatic heterocycles. The molecule has 30 heavy (non-hydrogen) atoms. The molecule has 160 valence electrons. The van der Waals surface area contributed by atoms with Crippen LogP contribution in [-0.4, -0.2) is 55.2 Å². The van der Waals surface area contributed by atoms with E-state index in [0.717, 1.165) is 70.5 Å². The molecular formula is C23H28ClN3O2S. The Morgan fingerprint density at radius 1 is 1.13 bits per heavy atom. The van der Waals surface area contributed by atoms with Gasteiger partial charge in [-0.25, -0.2) is 4.98 Å². The third-order valence-electron chi connectivity index (χ3n) is 5.44. The van der Waals surface area contributed by atoms with E-state index < -0.39 is 0 Å². The number of aryl methyl sites for hydroxylation is 3. The Bertz CT molecular complexity index is 1030. The SMILES string of the molecule is Cc1ccc(C(=O)N(CCN2CCOCC2)c2nc3c(C)cccc3s2)c(C)c1.Cl. The van der Waals surface area contributed by atoms with Gasteiger partial charge >= 0.3 is 0 Å². The Kier molecular flexibility index (Phi) is 7.47. The van der Waals surface area contributed by atoms with Gasteiger partial charge in [0.2, 0.25) is 0 Å². The Labute approximate surface area is 188 Å². The van der Waals surface area contributed by atoms with Crippen molar-refractivity contribution in [3.05, 3.63) is 58.7 Å². The number of benzene rings is 2. The van der Waals surface area contributed by atoms with Crippen molar-refractivity contribution < 1.29 is 9.53 Å². The summed E-state index contributed by atoms with van der Waals surface area (Å²) in [6.45, 7) is 10.9. The van der Waals surface area contributed by atoms with Gasteiger partial charge in [0.05, 0.1) is 23.4 Å². The molecule has 0 saturated carbocycles. The highest BCUT2D eigenvalue weighted by atomic mass is 35.5. The van der Waals surface area contributed by atoms with Gasteiger partial charge in [-0.05, 0) is 44.0 Å². The number of thiazole rings is 1. The maximum atomic E-state index is 13.6. The number of nitrogens with zero attached hydrogens (tertiary/aromatic N) is 3. The number of carbonyl (C=O) groups is 1. The predicted octanol–water partition coefficient (Wildman–Crippen LogP) is 4.62. The Morgan fingerprint density at radius 3 is 2.60 bits per heavy atom. The Balaban J connectivity index is 0.00000256. The smallest absolute Gasteiger partial charge is 0.260 e. The quantitative estimate of drug-likeness (QED) is 0.574. The van der Waals surface area contributed by atoms with Crippen LogP contribution in [-0.2, 0) is 4.74 Å².